The van der Waals surface area contributed by atoms with Gasteiger partial charge in [0.2, 0.25) is 6.29 Å². The van der Waals surface area contributed by atoms with E-state index in [2.05, 4.69) is 208 Å². The van der Waals surface area contributed by atoms with Crippen molar-refractivity contribution in [2.45, 2.75) is 473 Å². The number of epoxide rings is 3. The molecule has 4 saturated heterocycles. The van der Waals surface area contributed by atoms with Crippen LogP contribution in [0, 0.1) is 32.5 Å². The number of benzene rings is 6. The Labute approximate surface area is 906 Å². The van der Waals surface area contributed by atoms with Crippen molar-refractivity contribution in [3.8, 4) is 0 Å². The molecule has 10 rings (SSSR count). The fourth-order valence-electron chi connectivity index (χ4n) is 10.3. The highest BCUT2D eigenvalue weighted by Crippen LogP contribution is 2.36. The van der Waals surface area contributed by atoms with Crippen LogP contribution in [0.4, 0.5) is 0 Å². The minimum Gasteiger partial charge on any atom is -0.462 e. The van der Waals surface area contributed by atoms with E-state index in [1.165, 1.54) is 77.2 Å². The van der Waals surface area contributed by atoms with Crippen molar-refractivity contribution in [2.24, 2.45) is 32.5 Å². The number of hydrogen-bond donors (Lipinski definition) is 0. The van der Waals surface area contributed by atoms with Crippen LogP contribution in [0.5, 0.6) is 0 Å². The SMILES string of the molecule is C.C.C.C.C.C.C.C.C.C.C.C.C.C.C.C.C.C.CCC(C)(C)C(=O)OC(C)OC(C)C.CCC(C)(C)C(=O)OC1CCCCO1.CCC(C)(C)C(=O)OCC1CO1.CCC(C)(C)C(=O)OCC1CO1.CCC(C)(C)C(=O)OCC1CO1.CCC(C)c1ccc2c(Br)ccc(Br)c2c1.CCC(C)c1ccc2c(Br)cccc2c1.CCC(C)c1ccc2c(Br)cccc2c1.CCOC(C)OC(=O)C(C)(C)CC. The molecule has 0 amide bonds. The number of ether oxygens (including phenoxy) is 12. The Morgan fingerprint density at radius 1 is 0.333 bits per heavy atom. The Kier molecular flexibility index (Phi) is 107. The Balaban J connectivity index is -0.0000000806. The van der Waals surface area contributed by atoms with Gasteiger partial charge in [0.05, 0.1) is 65.0 Å². The molecule has 9 atom stereocenters. The van der Waals surface area contributed by atoms with E-state index in [-0.39, 0.29) is 222 Å². The zero-order valence-electron chi connectivity index (χ0n) is 80.1. The minimum absolute atomic E-state index is 0. The van der Waals surface area contributed by atoms with Crippen molar-refractivity contribution in [3.05, 3.63) is 138 Å². The first-order valence-corrected chi connectivity index (χ1v) is 47.8. The molecule has 4 heterocycles. The van der Waals surface area contributed by atoms with E-state index in [1.54, 1.807) is 13.8 Å². The van der Waals surface area contributed by atoms with Gasteiger partial charge in [-0.3, -0.25) is 28.8 Å². The van der Waals surface area contributed by atoms with Gasteiger partial charge in [-0.1, -0.05) is 353 Å². The van der Waals surface area contributed by atoms with Crippen LogP contribution in [-0.2, 0) is 85.6 Å². The maximum Gasteiger partial charge on any atom is 0.313 e. The lowest BCUT2D eigenvalue weighted by molar-refractivity contribution is -0.196. The normalized spacial score (nSPS) is 14.9. The molecule has 0 bridgehead atoms. The fourth-order valence-corrected chi connectivity index (χ4v) is 12.2. The smallest absolute Gasteiger partial charge is 0.313 e. The monoisotopic (exact) mass is 2260 g/mol. The third-order valence-corrected chi connectivity index (χ3v) is 25.8. The highest BCUT2D eigenvalue weighted by molar-refractivity contribution is 9.11. The van der Waals surface area contributed by atoms with Crippen molar-refractivity contribution in [3.63, 3.8) is 0 Å². The third-order valence-electron chi connectivity index (χ3n) is 23.0. The summed E-state index contributed by atoms with van der Waals surface area (Å²) in [5, 5.41) is 7.78. The molecule has 6 aromatic carbocycles. The van der Waals surface area contributed by atoms with E-state index < -0.39 is 23.4 Å². The number of carbonyl (C=O) groups excluding carboxylic acids is 6. The predicted molar refractivity (Wildman–Crippen MR) is 635 cm³/mol. The number of fused-ring (bicyclic) bond motifs is 3. The van der Waals surface area contributed by atoms with E-state index in [0.29, 0.717) is 50.8 Å². The first kappa shape index (κ1) is 175. The second-order valence-electron chi connectivity index (χ2n) is 36.1. The zero-order valence-corrected chi connectivity index (χ0v) is 86.4. The number of esters is 6. The van der Waals surface area contributed by atoms with Gasteiger partial charge >= 0.3 is 35.8 Å². The average molecular weight is 2260 g/mol. The predicted octanol–water partition coefficient (Wildman–Crippen LogP) is 39.2. The van der Waals surface area contributed by atoms with Crippen LogP contribution in [0.1, 0.15) is 446 Å². The molecule has 0 saturated carbocycles. The van der Waals surface area contributed by atoms with Crippen LogP contribution in [0.3, 0.4) is 0 Å². The van der Waals surface area contributed by atoms with Gasteiger partial charge in [-0.15, -0.1) is 0 Å². The molecule has 4 fully saturated rings. The van der Waals surface area contributed by atoms with Gasteiger partial charge in [0.1, 0.15) is 38.1 Å². The van der Waals surface area contributed by atoms with E-state index in [1.807, 2.05) is 145 Å². The molecule has 6 aromatic rings. The molecule has 0 radical (unpaired) electrons. The molecule has 0 aliphatic carbocycles. The summed E-state index contributed by atoms with van der Waals surface area (Å²) in [5.74, 6) is 0.995. The second kappa shape index (κ2) is 86.6. The molecule has 0 N–H and O–H groups in total. The molecule has 838 valence electrons. The van der Waals surface area contributed by atoms with Crippen LogP contribution in [0.25, 0.3) is 32.3 Å². The molecule has 4 aliphatic rings. The van der Waals surface area contributed by atoms with Gasteiger partial charge in [-0.25, -0.2) is 0 Å². The van der Waals surface area contributed by atoms with Gasteiger partial charge in [0, 0.05) is 30.9 Å². The summed E-state index contributed by atoms with van der Waals surface area (Å²) in [4.78, 5) is 68.8. The summed E-state index contributed by atoms with van der Waals surface area (Å²) in [5.41, 5.74) is 2.00. The van der Waals surface area contributed by atoms with Gasteiger partial charge in [-0.2, -0.15) is 0 Å². The highest BCUT2D eigenvalue weighted by atomic mass is 79.9. The van der Waals surface area contributed by atoms with Crippen molar-refractivity contribution >= 4 is 132 Å². The molecule has 0 aromatic heterocycles. The quantitative estimate of drug-likeness (QED) is 0.0171. The summed E-state index contributed by atoms with van der Waals surface area (Å²) in [6.45, 7) is 61.9. The molecule has 0 spiro atoms. The number of carbonyl (C=O) groups is 6. The highest BCUT2D eigenvalue weighted by Gasteiger charge is 2.36. The van der Waals surface area contributed by atoms with Crippen LogP contribution >= 0.6 is 63.7 Å². The van der Waals surface area contributed by atoms with Crippen LogP contribution in [0.15, 0.2) is 121 Å². The number of rotatable bonds is 31. The van der Waals surface area contributed by atoms with E-state index in [9.17, 15) is 28.8 Å². The molecule has 4 aliphatic heterocycles. The van der Waals surface area contributed by atoms with Gasteiger partial charge in [0.15, 0.2) is 12.6 Å². The molecule has 22 heteroatoms. The third kappa shape index (κ3) is 65.8. The van der Waals surface area contributed by atoms with E-state index >= 15 is 0 Å². The Bertz CT molecular complexity index is 3950. The topological polar surface area (TPSA) is 223 Å². The van der Waals surface area contributed by atoms with Crippen molar-refractivity contribution in [1.82, 2.24) is 0 Å². The van der Waals surface area contributed by atoms with Gasteiger partial charge in [-0.05, 0) is 285 Å². The Morgan fingerprint density at radius 3 is 0.887 bits per heavy atom. The van der Waals surface area contributed by atoms with Crippen LogP contribution < -0.4 is 0 Å². The second-order valence-corrected chi connectivity index (χ2v) is 39.5. The summed E-state index contributed by atoms with van der Waals surface area (Å²) < 4.78 is 65.9. The van der Waals surface area contributed by atoms with E-state index in [4.69, 9.17) is 56.8 Å². The van der Waals surface area contributed by atoms with Crippen molar-refractivity contribution < 1.29 is 85.6 Å². The van der Waals surface area contributed by atoms with Crippen molar-refractivity contribution in [1.29, 1.82) is 0 Å². The number of halogens is 4. The zero-order chi connectivity index (χ0) is 93.4. The summed E-state index contributed by atoms with van der Waals surface area (Å²) in [6, 6.07) is 37.1. The van der Waals surface area contributed by atoms with Gasteiger partial charge < -0.3 is 56.8 Å². The Hall–Kier alpha value is -5.40. The first-order chi connectivity index (χ1) is 57.5. The molecule has 141 heavy (non-hydrogen) atoms. The van der Waals surface area contributed by atoms with Gasteiger partial charge in [0.25, 0.3) is 0 Å². The summed E-state index contributed by atoms with van der Waals surface area (Å²) >= 11 is 14.4. The fraction of sp³-hybridized carbons (Fsp3) is 0.697. The molecular formula is C119H226Br4O18. The first-order valence-electron chi connectivity index (χ1n) is 44.7. The van der Waals surface area contributed by atoms with Crippen LogP contribution in [0.2, 0.25) is 0 Å². The molecule has 18 nitrogen and oxygen atoms in total. The standard InChI is InChI=1S/C14H14Br2.2C14H15Br.C11H20O3.C11H22O3.C10H20O3.3C9H16O3.18CH4/c1-3-9(2)10-4-5-11-12(8-10)14(16)7-6-13(11)15;2*1-3-10(2)11-7-8-13-12(9-11)5-4-6-14(13)15;1-4-11(2,3)10(12)14-9-7-5-6-8-13-9;1-7-11(5,6)10(12)14-9(4)13-8(2)3;1-6-10(4,5)9(11)13-8(3)12-7-2;3*1-4-9(2,3)8(10)12-6-7-5-11-7;;;;;;;;;;;;;;;;;;/h4-9H,3H2,1-2H3;2*4-10H,3H2,1-2H3;9H,4-8H2,1-3H3;8-9H,7H2,1-6H3;8H,6-7H2,1-5H3;3*7H,4-6H2,1-3H3;18*1H4. The maximum atomic E-state index is 11.7. The average Bonchev–Trinajstić information content (AvgIpc) is 1.76. The largest absolute Gasteiger partial charge is 0.462 e. The molecule has 9 unspecified atom stereocenters. The minimum atomic E-state index is -0.465. The lowest BCUT2D eigenvalue weighted by Gasteiger charge is -2.27. The van der Waals surface area contributed by atoms with Crippen LogP contribution in [-0.4, -0.2) is 132 Å². The lowest BCUT2D eigenvalue weighted by Crippen LogP contribution is -2.32. The number of hydrogen-bond acceptors (Lipinski definition) is 18. The molecular weight excluding hydrogens is 2040 g/mol. The Morgan fingerprint density at radius 2 is 0.610 bits per heavy atom. The maximum absolute atomic E-state index is 11.7. The van der Waals surface area contributed by atoms with Crippen molar-refractivity contribution in [2.75, 3.05) is 52.9 Å². The van der Waals surface area contributed by atoms with E-state index in [0.717, 1.165) is 86.6 Å². The summed E-state index contributed by atoms with van der Waals surface area (Å²) in [7, 11) is 0. The summed E-state index contributed by atoms with van der Waals surface area (Å²) in [6.07, 6.45) is 10.7. The lowest BCUT2D eigenvalue weighted by atomic mass is 9.91.